The first-order valence-corrected chi connectivity index (χ1v) is 12.3. The van der Waals surface area contributed by atoms with Gasteiger partial charge in [0.1, 0.15) is 17.2 Å². The molecule has 3 aromatic carbocycles. The lowest BCUT2D eigenvalue weighted by molar-refractivity contribution is -0.0190. The smallest absolute Gasteiger partial charge is 0.213 e. The minimum atomic E-state index is -0.330. The highest BCUT2D eigenvalue weighted by atomic mass is 35.5. The molecule has 5 rings (SSSR count). The van der Waals surface area contributed by atoms with Crippen LogP contribution in [-0.2, 0) is 0 Å². The van der Waals surface area contributed by atoms with E-state index in [0.717, 1.165) is 65.5 Å². The Morgan fingerprint density at radius 1 is 0.971 bits per heavy atom. The number of fused-ring (bicyclic) bond motifs is 3. The number of benzene rings is 3. The number of rotatable bonds is 8. The molecule has 5 nitrogen and oxygen atoms in total. The van der Waals surface area contributed by atoms with Crippen LogP contribution in [0.15, 0.2) is 71.8 Å². The van der Waals surface area contributed by atoms with Gasteiger partial charge >= 0.3 is 0 Å². The fourth-order valence-corrected chi connectivity index (χ4v) is 4.61. The molecule has 2 unspecified atom stereocenters. The molecule has 0 saturated heterocycles. The summed E-state index contributed by atoms with van der Waals surface area (Å²) in [5.74, 6) is 2.58. The van der Waals surface area contributed by atoms with E-state index in [4.69, 9.17) is 30.9 Å². The van der Waals surface area contributed by atoms with Crippen molar-refractivity contribution >= 4 is 17.3 Å². The van der Waals surface area contributed by atoms with Gasteiger partial charge in [0.05, 0.1) is 25.0 Å². The molecule has 2 aliphatic heterocycles. The van der Waals surface area contributed by atoms with Crippen molar-refractivity contribution in [1.29, 1.82) is 0 Å². The summed E-state index contributed by atoms with van der Waals surface area (Å²) in [6.07, 6.45) is 2.61. The monoisotopic (exact) mass is 476 g/mol. The maximum atomic E-state index is 6.46. The fourth-order valence-electron chi connectivity index (χ4n) is 4.43. The van der Waals surface area contributed by atoms with E-state index < -0.39 is 0 Å². The Labute approximate surface area is 205 Å². The van der Waals surface area contributed by atoms with Gasteiger partial charge in [0.25, 0.3) is 0 Å². The largest absolute Gasteiger partial charge is 0.494 e. The lowest BCUT2D eigenvalue weighted by atomic mass is 9.96. The first-order valence-electron chi connectivity index (χ1n) is 11.9. The Kier molecular flexibility index (Phi) is 6.63. The highest BCUT2D eigenvalue weighted by Crippen LogP contribution is 2.48. The van der Waals surface area contributed by atoms with Crippen molar-refractivity contribution < 1.29 is 14.2 Å². The molecule has 176 valence electrons. The van der Waals surface area contributed by atoms with Gasteiger partial charge in [-0.2, -0.15) is 5.10 Å². The van der Waals surface area contributed by atoms with Gasteiger partial charge in [-0.15, -0.1) is 0 Å². The third kappa shape index (κ3) is 4.58. The van der Waals surface area contributed by atoms with Crippen molar-refractivity contribution in [2.45, 2.75) is 45.4 Å². The standard InChI is InChI=1S/C28H29ClN2O3/c1-3-5-16-33-23-13-8-20(9-14-23)28-31-26(24-17-21(29)10-15-27(24)34-28)18-25(30-31)19-6-11-22(12-7-19)32-4-2/h6-15,17,26,28H,3-5,16,18H2,1-2H3. The molecule has 0 aliphatic carbocycles. The van der Waals surface area contributed by atoms with Crippen LogP contribution in [0.4, 0.5) is 0 Å². The quantitative estimate of drug-likeness (QED) is 0.323. The number of halogens is 1. The second-order valence-electron chi connectivity index (χ2n) is 8.53. The van der Waals surface area contributed by atoms with Crippen LogP contribution >= 0.6 is 11.6 Å². The van der Waals surface area contributed by atoms with E-state index in [1.165, 1.54) is 0 Å². The average molecular weight is 477 g/mol. The van der Waals surface area contributed by atoms with Crippen LogP contribution in [0, 0.1) is 0 Å². The van der Waals surface area contributed by atoms with E-state index >= 15 is 0 Å². The fraction of sp³-hybridized carbons (Fsp3) is 0.321. The molecule has 0 bridgehead atoms. The van der Waals surface area contributed by atoms with Crippen LogP contribution in [0.2, 0.25) is 5.02 Å². The Morgan fingerprint density at radius 2 is 1.71 bits per heavy atom. The molecule has 0 fully saturated rings. The summed E-state index contributed by atoms with van der Waals surface area (Å²) in [5, 5.41) is 7.80. The molecule has 3 aromatic rings. The van der Waals surface area contributed by atoms with E-state index in [9.17, 15) is 0 Å². The third-order valence-electron chi connectivity index (χ3n) is 6.18. The Morgan fingerprint density at radius 3 is 2.44 bits per heavy atom. The maximum absolute atomic E-state index is 6.46. The summed E-state index contributed by atoms with van der Waals surface area (Å²) < 4.78 is 17.9. The molecule has 0 aromatic heterocycles. The van der Waals surface area contributed by atoms with Gasteiger partial charge in [-0.1, -0.05) is 24.9 Å². The topological polar surface area (TPSA) is 43.3 Å². The molecular weight excluding hydrogens is 448 g/mol. The summed E-state index contributed by atoms with van der Waals surface area (Å²) in [6.45, 7) is 5.52. The predicted molar refractivity (Wildman–Crippen MR) is 135 cm³/mol. The highest BCUT2D eigenvalue weighted by Gasteiger charge is 2.41. The number of nitrogens with zero attached hydrogens (tertiary/aromatic N) is 2. The van der Waals surface area contributed by atoms with Gasteiger partial charge in [0.15, 0.2) is 0 Å². The normalized spacial score (nSPS) is 18.6. The third-order valence-corrected chi connectivity index (χ3v) is 6.42. The summed E-state index contributed by atoms with van der Waals surface area (Å²) >= 11 is 6.35. The number of hydrogen-bond acceptors (Lipinski definition) is 5. The zero-order valence-corrected chi connectivity index (χ0v) is 20.3. The van der Waals surface area contributed by atoms with Crippen LogP contribution < -0.4 is 14.2 Å². The molecule has 0 amide bonds. The summed E-state index contributed by atoms with van der Waals surface area (Å²) in [5.41, 5.74) is 4.20. The summed E-state index contributed by atoms with van der Waals surface area (Å²) in [4.78, 5) is 0. The van der Waals surface area contributed by atoms with Gasteiger partial charge in [-0.25, -0.2) is 5.01 Å². The molecule has 2 atom stereocenters. The van der Waals surface area contributed by atoms with Crippen molar-refractivity contribution in [3.05, 3.63) is 88.4 Å². The van der Waals surface area contributed by atoms with E-state index in [-0.39, 0.29) is 12.3 Å². The van der Waals surface area contributed by atoms with Crippen LogP contribution in [0.1, 0.15) is 62.1 Å². The number of hydrogen-bond donors (Lipinski definition) is 0. The summed E-state index contributed by atoms with van der Waals surface area (Å²) in [6, 6.07) is 22.1. The molecule has 0 N–H and O–H groups in total. The van der Waals surface area contributed by atoms with Crippen LogP contribution in [0.3, 0.4) is 0 Å². The second-order valence-corrected chi connectivity index (χ2v) is 8.96. The van der Waals surface area contributed by atoms with E-state index in [1.807, 2.05) is 49.4 Å². The molecule has 0 saturated carbocycles. The Hall–Kier alpha value is -3.18. The van der Waals surface area contributed by atoms with Gasteiger partial charge in [-0.05, 0) is 85.6 Å². The molecule has 2 aliphatic rings. The van der Waals surface area contributed by atoms with Crippen LogP contribution in [-0.4, -0.2) is 23.9 Å². The summed E-state index contributed by atoms with van der Waals surface area (Å²) in [7, 11) is 0. The minimum Gasteiger partial charge on any atom is -0.494 e. The Bertz CT molecular complexity index is 1160. The average Bonchev–Trinajstić information content (AvgIpc) is 3.31. The van der Waals surface area contributed by atoms with Gasteiger partial charge in [-0.3, -0.25) is 0 Å². The molecule has 0 spiro atoms. The lowest BCUT2D eigenvalue weighted by Crippen LogP contribution is -2.33. The lowest BCUT2D eigenvalue weighted by Gasteiger charge is -2.38. The van der Waals surface area contributed by atoms with Crippen molar-refractivity contribution in [2.75, 3.05) is 13.2 Å². The minimum absolute atomic E-state index is 0.0505. The van der Waals surface area contributed by atoms with Crippen LogP contribution in [0.25, 0.3) is 0 Å². The zero-order chi connectivity index (χ0) is 23.5. The van der Waals surface area contributed by atoms with Gasteiger partial charge < -0.3 is 14.2 Å². The molecular formula is C28H29ClN2O3. The van der Waals surface area contributed by atoms with Gasteiger partial charge in [0, 0.05) is 22.6 Å². The van der Waals surface area contributed by atoms with E-state index in [2.05, 4.69) is 36.2 Å². The first-order chi connectivity index (χ1) is 16.7. The van der Waals surface area contributed by atoms with Crippen molar-refractivity contribution in [1.82, 2.24) is 5.01 Å². The zero-order valence-electron chi connectivity index (χ0n) is 19.5. The molecule has 2 heterocycles. The maximum Gasteiger partial charge on any atom is 0.213 e. The number of ether oxygens (including phenoxy) is 3. The van der Waals surface area contributed by atoms with Gasteiger partial charge in [0.2, 0.25) is 6.23 Å². The Balaban J connectivity index is 1.45. The van der Waals surface area contributed by atoms with Crippen molar-refractivity contribution in [3.63, 3.8) is 0 Å². The van der Waals surface area contributed by atoms with Crippen LogP contribution in [0.5, 0.6) is 17.2 Å². The first kappa shape index (κ1) is 22.6. The number of unbranched alkanes of at least 4 members (excludes halogenated alkanes) is 1. The SMILES string of the molecule is CCCCOc1ccc(C2Oc3ccc(Cl)cc3C3CC(c4ccc(OCC)cc4)=NN32)cc1. The molecule has 34 heavy (non-hydrogen) atoms. The highest BCUT2D eigenvalue weighted by molar-refractivity contribution is 6.30. The predicted octanol–water partition coefficient (Wildman–Crippen LogP) is 7.16. The van der Waals surface area contributed by atoms with Crippen molar-refractivity contribution in [3.8, 4) is 17.2 Å². The van der Waals surface area contributed by atoms with Crippen molar-refractivity contribution in [2.24, 2.45) is 5.10 Å². The molecule has 6 heteroatoms. The molecule has 0 radical (unpaired) electrons. The van der Waals surface area contributed by atoms with E-state index in [0.29, 0.717) is 11.6 Å². The number of hydrazone groups is 1. The van der Waals surface area contributed by atoms with E-state index in [1.54, 1.807) is 0 Å². The second kappa shape index (κ2) is 9.98.